The molecule has 0 radical (unpaired) electrons. The van der Waals surface area contributed by atoms with Gasteiger partial charge in [-0.25, -0.2) is 0 Å². The number of amides is 1. The summed E-state index contributed by atoms with van der Waals surface area (Å²) in [5, 5.41) is 8.82. The molecule has 6 heteroatoms. The summed E-state index contributed by atoms with van der Waals surface area (Å²) < 4.78 is 0. The van der Waals surface area contributed by atoms with Crippen molar-refractivity contribution in [1.29, 1.82) is 0 Å². The van der Waals surface area contributed by atoms with Crippen LogP contribution in [-0.4, -0.2) is 51.7 Å². The summed E-state index contributed by atoms with van der Waals surface area (Å²) in [6.07, 6.45) is 11.5. The standard InChI is InChI=1S/C23H31N5O/c1-2-28(20-6-4-3-5-7-20)23(29)19-12-16-27(17-13-19)22-9-8-21(25-26-22)18-10-14-24-15-11-18/h8-11,14-15,19-20H,2-7,12-13,16-17H2,1H3. The molecule has 1 aliphatic carbocycles. The van der Waals surface area contributed by atoms with Crippen LogP contribution in [0.3, 0.4) is 0 Å². The van der Waals surface area contributed by atoms with E-state index in [4.69, 9.17) is 0 Å². The van der Waals surface area contributed by atoms with Crippen LogP contribution in [0.1, 0.15) is 51.9 Å². The first-order valence-corrected chi connectivity index (χ1v) is 11.1. The van der Waals surface area contributed by atoms with Crippen molar-refractivity contribution >= 4 is 11.7 Å². The molecule has 2 fully saturated rings. The Hall–Kier alpha value is -2.50. The van der Waals surface area contributed by atoms with Crippen molar-refractivity contribution in [2.75, 3.05) is 24.5 Å². The SMILES string of the molecule is CCN(C(=O)C1CCN(c2ccc(-c3ccncc3)nn2)CC1)C1CCCCC1. The van der Waals surface area contributed by atoms with Crippen molar-refractivity contribution in [3.8, 4) is 11.3 Å². The van der Waals surface area contributed by atoms with E-state index in [0.29, 0.717) is 11.9 Å². The van der Waals surface area contributed by atoms with Crippen molar-refractivity contribution in [2.45, 2.75) is 57.9 Å². The first-order chi connectivity index (χ1) is 14.3. The fourth-order valence-corrected chi connectivity index (χ4v) is 4.75. The van der Waals surface area contributed by atoms with Crippen LogP contribution >= 0.6 is 0 Å². The van der Waals surface area contributed by atoms with Crippen molar-refractivity contribution in [1.82, 2.24) is 20.1 Å². The van der Waals surface area contributed by atoms with Gasteiger partial charge in [0.05, 0.1) is 5.69 Å². The van der Waals surface area contributed by atoms with Crippen LogP contribution in [-0.2, 0) is 4.79 Å². The zero-order valence-electron chi connectivity index (χ0n) is 17.3. The zero-order chi connectivity index (χ0) is 20.1. The lowest BCUT2D eigenvalue weighted by atomic mass is 9.90. The summed E-state index contributed by atoms with van der Waals surface area (Å²) in [6, 6.07) is 8.38. The second-order valence-electron chi connectivity index (χ2n) is 8.19. The molecule has 1 saturated heterocycles. The van der Waals surface area contributed by atoms with Crippen LogP contribution < -0.4 is 4.90 Å². The molecule has 2 aromatic heterocycles. The van der Waals surface area contributed by atoms with Crippen LogP contribution in [0.25, 0.3) is 11.3 Å². The lowest BCUT2D eigenvalue weighted by Crippen LogP contribution is -2.47. The molecule has 0 atom stereocenters. The Morgan fingerprint density at radius 2 is 1.72 bits per heavy atom. The van der Waals surface area contributed by atoms with Crippen LogP contribution in [0.4, 0.5) is 5.82 Å². The van der Waals surface area contributed by atoms with E-state index >= 15 is 0 Å². The normalized spacial score (nSPS) is 18.6. The van der Waals surface area contributed by atoms with Crippen LogP contribution in [0.15, 0.2) is 36.7 Å². The Kier molecular flexibility index (Phi) is 6.37. The second kappa shape index (κ2) is 9.33. The van der Waals surface area contributed by atoms with Gasteiger partial charge in [0, 0.05) is 49.6 Å². The molecule has 6 nitrogen and oxygen atoms in total. The summed E-state index contributed by atoms with van der Waals surface area (Å²) in [6.45, 7) is 4.69. The van der Waals surface area contributed by atoms with Gasteiger partial charge >= 0.3 is 0 Å². The summed E-state index contributed by atoms with van der Waals surface area (Å²) >= 11 is 0. The van der Waals surface area contributed by atoms with E-state index in [9.17, 15) is 4.79 Å². The third kappa shape index (κ3) is 4.57. The third-order valence-electron chi connectivity index (χ3n) is 6.43. The van der Waals surface area contributed by atoms with Gasteiger partial charge in [-0.1, -0.05) is 19.3 Å². The molecule has 3 heterocycles. The van der Waals surface area contributed by atoms with Crippen LogP contribution in [0.2, 0.25) is 0 Å². The highest BCUT2D eigenvalue weighted by atomic mass is 16.2. The minimum atomic E-state index is 0.150. The monoisotopic (exact) mass is 393 g/mol. The topological polar surface area (TPSA) is 62.2 Å². The Labute approximate surface area is 173 Å². The maximum absolute atomic E-state index is 13.1. The summed E-state index contributed by atoms with van der Waals surface area (Å²) in [4.78, 5) is 21.6. The smallest absolute Gasteiger partial charge is 0.226 e. The van der Waals surface area contributed by atoms with Crippen molar-refractivity contribution in [3.05, 3.63) is 36.7 Å². The molecule has 1 amide bonds. The molecule has 0 unspecified atom stereocenters. The molecule has 0 spiro atoms. The van der Waals surface area contributed by atoms with E-state index in [1.54, 1.807) is 12.4 Å². The van der Waals surface area contributed by atoms with E-state index in [1.165, 1.54) is 32.1 Å². The van der Waals surface area contributed by atoms with Crippen LogP contribution in [0, 0.1) is 5.92 Å². The van der Waals surface area contributed by atoms with Gasteiger partial charge in [0.25, 0.3) is 0 Å². The quantitative estimate of drug-likeness (QED) is 0.770. The van der Waals surface area contributed by atoms with Gasteiger partial charge < -0.3 is 9.80 Å². The average molecular weight is 394 g/mol. The number of pyridine rings is 1. The molecule has 0 N–H and O–H groups in total. The molecule has 154 valence electrons. The fraction of sp³-hybridized carbons (Fsp3) is 0.565. The molecule has 1 saturated carbocycles. The van der Waals surface area contributed by atoms with Gasteiger partial charge in [-0.2, -0.15) is 0 Å². The Morgan fingerprint density at radius 3 is 2.34 bits per heavy atom. The van der Waals surface area contributed by atoms with E-state index in [0.717, 1.165) is 49.6 Å². The zero-order valence-corrected chi connectivity index (χ0v) is 17.3. The summed E-state index contributed by atoms with van der Waals surface area (Å²) in [7, 11) is 0. The van der Waals surface area contributed by atoms with Gasteiger partial charge in [-0.3, -0.25) is 9.78 Å². The molecule has 4 rings (SSSR count). The number of carbonyl (C=O) groups excluding carboxylic acids is 1. The summed E-state index contributed by atoms with van der Waals surface area (Å²) in [5.41, 5.74) is 1.87. The second-order valence-corrected chi connectivity index (χ2v) is 8.19. The molecule has 0 aromatic carbocycles. The minimum Gasteiger partial charge on any atom is -0.355 e. The predicted octanol–water partition coefficient (Wildman–Crippen LogP) is 3.94. The van der Waals surface area contributed by atoms with Gasteiger partial charge in [-0.05, 0) is 56.9 Å². The molecule has 0 bridgehead atoms. The highest BCUT2D eigenvalue weighted by Crippen LogP contribution is 2.28. The number of hydrogen-bond donors (Lipinski definition) is 0. The van der Waals surface area contributed by atoms with Gasteiger partial charge in [-0.15, -0.1) is 10.2 Å². The van der Waals surface area contributed by atoms with E-state index < -0.39 is 0 Å². The van der Waals surface area contributed by atoms with Crippen molar-refractivity contribution < 1.29 is 4.79 Å². The van der Waals surface area contributed by atoms with E-state index in [2.05, 4.69) is 31.9 Å². The first kappa shape index (κ1) is 19.8. The summed E-state index contributed by atoms with van der Waals surface area (Å²) in [5.74, 6) is 1.42. The van der Waals surface area contributed by atoms with Gasteiger partial charge in [0.1, 0.15) is 0 Å². The van der Waals surface area contributed by atoms with Crippen molar-refractivity contribution in [3.63, 3.8) is 0 Å². The lowest BCUT2D eigenvalue weighted by molar-refractivity contribution is -0.139. The molecule has 2 aliphatic rings. The Bertz CT molecular complexity index is 781. The third-order valence-corrected chi connectivity index (χ3v) is 6.43. The Balaban J connectivity index is 1.34. The van der Waals surface area contributed by atoms with Crippen LogP contribution in [0.5, 0.6) is 0 Å². The first-order valence-electron chi connectivity index (χ1n) is 11.1. The lowest BCUT2D eigenvalue weighted by Gasteiger charge is -2.38. The number of carbonyl (C=O) groups is 1. The Morgan fingerprint density at radius 1 is 1.00 bits per heavy atom. The molecular weight excluding hydrogens is 362 g/mol. The average Bonchev–Trinajstić information content (AvgIpc) is 2.81. The number of nitrogens with zero attached hydrogens (tertiary/aromatic N) is 5. The number of hydrogen-bond acceptors (Lipinski definition) is 5. The number of anilines is 1. The number of piperidine rings is 1. The highest BCUT2D eigenvalue weighted by molar-refractivity contribution is 5.79. The highest BCUT2D eigenvalue weighted by Gasteiger charge is 2.32. The molecule has 2 aromatic rings. The molecular formula is C23H31N5O. The number of aromatic nitrogens is 3. The minimum absolute atomic E-state index is 0.150. The maximum atomic E-state index is 13.1. The van der Waals surface area contributed by atoms with Gasteiger partial charge in [0.2, 0.25) is 5.91 Å². The molecule has 29 heavy (non-hydrogen) atoms. The van der Waals surface area contributed by atoms with Crippen molar-refractivity contribution in [2.24, 2.45) is 5.92 Å². The van der Waals surface area contributed by atoms with Gasteiger partial charge in [0.15, 0.2) is 5.82 Å². The maximum Gasteiger partial charge on any atom is 0.226 e. The van der Waals surface area contributed by atoms with E-state index in [-0.39, 0.29) is 5.92 Å². The largest absolute Gasteiger partial charge is 0.355 e. The fourth-order valence-electron chi connectivity index (χ4n) is 4.75. The van der Waals surface area contributed by atoms with E-state index in [1.807, 2.05) is 24.3 Å². The molecule has 1 aliphatic heterocycles. The predicted molar refractivity (Wildman–Crippen MR) is 114 cm³/mol. The number of rotatable bonds is 5.